The average molecular weight is 246 g/mol. The first kappa shape index (κ1) is 12.0. The second-order valence-electron chi connectivity index (χ2n) is 3.45. The summed E-state index contributed by atoms with van der Waals surface area (Å²) in [5.41, 5.74) is -0.268. The Balaban J connectivity index is 2.61. The van der Waals surface area contributed by atoms with E-state index in [1.165, 1.54) is 25.4 Å². The summed E-state index contributed by atoms with van der Waals surface area (Å²) in [6.45, 7) is 6.76. The second-order valence-corrected chi connectivity index (χ2v) is 3.45. The van der Waals surface area contributed by atoms with Gasteiger partial charge in [0.1, 0.15) is 17.4 Å². The molecule has 0 unspecified atom stereocenters. The van der Waals surface area contributed by atoms with Crippen molar-refractivity contribution in [1.29, 1.82) is 0 Å². The summed E-state index contributed by atoms with van der Waals surface area (Å²) >= 11 is 0. The van der Waals surface area contributed by atoms with Gasteiger partial charge in [-0.15, -0.1) is 0 Å². The van der Waals surface area contributed by atoms with Gasteiger partial charge in [-0.05, 0) is 18.2 Å². The maximum absolute atomic E-state index is 13.9. The fourth-order valence-electron chi connectivity index (χ4n) is 1.53. The maximum Gasteiger partial charge on any atom is 0.257 e. The molecule has 0 fully saturated rings. The highest BCUT2D eigenvalue weighted by molar-refractivity contribution is 5.68. The molecular formula is C13H8F2N2O. The summed E-state index contributed by atoms with van der Waals surface area (Å²) in [5.74, 6) is -1.28. The van der Waals surface area contributed by atoms with Gasteiger partial charge < -0.3 is 4.74 Å². The van der Waals surface area contributed by atoms with Crippen molar-refractivity contribution in [3.63, 3.8) is 0 Å². The topological polar surface area (TPSA) is 26.5 Å². The predicted molar refractivity (Wildman–Crippen MR) is 62.4 cm³/mol. The van der Waals surface area contributed by atoms with Crippen LogP contribution in [0, 0.1) is 18.2 Å². The molecule has 0 aliphatic carbocycles. The Morgan fingerprint density at radius 3 is 2.72 bits per heavy atom. The van der Waals surface area contributed by atoms with Crippen LogP contribution in [0.15, 0.2) is 30.5 Å². The van der Waals surface area contributed by atoms with E-state index >= 15 is 0 Å². The van der Waals surface area contributed by atoms with Gasteiger partial charge in [-0.1, -0.05) is 0 Å². The third-order valence-electron chi connectivity index (χ3n) is 2.42. The van der Waals surface area contributed by atoms with Crippen LogP contribution >= 0.6 is 0 Å². The minimum atomic E-state index is -0.911. The van der Waals surface area contributed by atoms with E-state index in [0.717, 1.165) is 6.07 Å². The zero-order valence-electron chi connectivity index (χ0n) is 9.45. The third-order valence-corrected chi connectivity index (χ3v) is 2.42. The Morgan fingerprint density at radius 1 is 1.28 bits per heavy atom. The molecular weight excluding hydrogens is 238 g/mol. The molecule has 0 N–H and O–H groups in total. The predicted octanol–water partition coefficient (Wildman–Crippen LogP) is 3.59. The third kappa shape index (κ3) is 2.00. The van der Waals surface area contributed by atoms with E-state index in [0.29, 0.717) is 5.75 Å². The monoisotopic (exact) mass is 246 g/mol. The smallest absolute Gasteiger partial charge is 0.257 e. The lowest BCUT2D eigenvalue weighted by molar-refractivity contribution is 0.414. The Hall–Kier alpha value is -2.48. The molecule has 0 radical (unpaired) electrons. The Labute approximate surface area is 102 Å². The summed E-state index contributed by atoms with van der Waals surface area (Å²) < 4.78 is 32.1. The molecule has 1 heterocycles. The largest absolute Gasteiger partial charge is 0.497 e. The zero-order chi connectivity index (χ0) is 13.1. The first-order chi connectivity index (χ1) is 8.67. The second kappa shape index (κ2) is 4.80. The van der Waals surface area contributed by atoms with Gasteiger partial charge in [0.05, 0.1) is 19.4 Å². The highest BCUT2D eigenvalue weighted by Gasteiger charge is 2.15. The Kier molecular flexibility index (Phi) is 3.20. The number of aromatic nitrogens is 1. The van der Waals surface area contributed by atoms with E-state index in [1.807, 2.05) is 0 Å². The van der Waals surface area contributed by atoms with Crippen LogP contribution < -0.4 is 4.74 Å². The number of ether oxygens (including phenoxy) is 1. The first-order valence-corrected chi connectivity index (χ1v) is 5.03. The van der Waals surface area contributed by atoms with Crippen LogP contribution in [0.5, 0.6) is 5.75 Å². The van der Waals surface area contributed by atoms with Crippen molar-refractivity contribution >= 4 is 5.69 Å². The zero-order valence-corrected chi connectivity index (χ0v) is 9.45. The van der Waals surface area contributed by atoms with Crippen molar-refractivity contribution in [2.24, 2.45) is 0 Å². The Morgan fingerprint density at radius 2 is 2.06 bits per heavy atom. The van der Waals surface area contributed by atoms with Crippen LogP contribution in [0.2, 0.25) is 0 Å². The lowest BCUT2D eigenvalue weighted by Crippen LogP contribution is -1.91. The Bertz CT molecular complexity index is 635. The molecule has 0 aliphatic rings. The van der Waals surface area contributed by atoms with Crippen molar-refractivity contribution in [3.05, 3.63) is 53.5 Å². The highest BCUT2D eigenvalue weighted by Crippen LogP contribution is 2.31. The number of rotatable bonds is 2. The van der Waals surface area contributed by atoms with E-state index < -0.39 is 17.3 Å². The van der Waals surface area contributed by atoms with Crippen molar-refractivity contribution in [3.8, 4) is 17.0 Å². The first-order valence-electron chi connectivity index (χ1n) is 5.03. The number of nitrogens with zero attached hydrogens (tertiary/aromatic N) is 2. The van der Waals surface area contributed by atoms with Crippen molar-refractivity contribution < 1.29 is 13.5 Å². The molecule has 1 aromatic carbocycles. The van der Waals surface area contributed by atoms with Crippen molar-refractivity contribution in [2.75, 3.05) is 7.11 Å². The van der Waals surface area contributed by atoms with Crippen LogP contribution in [-0.2, 0) is 0 Å². The lowest BCUT2D eigenvalue weighted by Gasteiger charge is -2.06. The number of halogens is 2. The molecule has 0 atom stereocenters. The minimum absolute atomic E-state index is 0.0706. The van der Waals surface area contributed by atoms with Crippen molar-refractivity contribution in [1.82, 2.24) is 4.98 Å². The van der Waals surface area contributed by atoms with E-state index in [9.17, 15) is 8.78 Å². The van der Waals surface area contributed by atoms with Gasteiger partial charge >= 0.3 is 0 Å². The van der Waals surface area contributed by atoms with Crippen LogP contribution in [0.3, 0.4) is 0 Å². The molecule has 0 aliphatic heterocycles. The maximum atomic E-state index is 13.9. The summed E-state index contributed by atoms with van der Waals surface area (Å²) in [6, 6.07) is 5.43. The number of methoxy groups -OCH3 is 1. The summed E-state index contributed by atoms with van der Waals surface area (Å²) in [4.78, 5) is 6.82. The van der Waals surface area contributed by atoms with Gasteiger partial charge in [0.25, 0.3) is 5.69 Å². The molecule has 2 rings (SSSR count). The fourth-order valence-corrected chi connectivity index (χ4v) is 1.53. The van der Waals surface area contributed by atoms with Gasteiger partial charge in [0, 0.05) is 17.8 Å². The summed E-state index contributed by atoms with van der Waals surface area (Å²) in [6.07, 6.45) is 1.45. The minimum Gasteiger partial charge on any atom is -0.497 e. The molecule has 0 spiro atoms. The highest BCUT2D eigenvalue weighted by atomic mass is 19.1. The van der Waals surface area contributed by atoms with Crippen molar-refractivity contribution in [2.45, 2.75) is 0 Å². The average Bonchev–Trinajstić information content (AvgIpc) is 2.39. The molecule has 1 aromatic heterocycles. The molecule has 18 heavy (non-hydrogen) atoms. The van der Waals surface area contributed by atoms with Crippen LogP contribution in [0.1, 0.15) is 0 Å². The molecule has 0 bridgehead atoms. The standard InChI is InChI=1S/C13H8F2N2O/c1-16-13-10(14)4-3-9(12(13)15)11-7-8(18-2)5-6-17-11/h3-7H,2H3. The molecule has 3 nitrogen and oxygen atoms in total. The van der Waals surface area contributed by atoms with Crippen LogP contribution in [-0.4, -0.2) is 12.1 Å². The van der Waals surface area contributed by atoms with Crippen LogP contribution in [0.25, 0.3) is 16.1 Å². The van der Waals surface area contributed by atoms with E-state index in [2.05, 4.69) is 9.83 Å². The summed E-state index contributed by atoms with van der Waals surface area (Å²) in [7, 11) is 1.48. The summed E-state index contributed by atoms with van der Waals surface area (Å²) in [5, 5.41) is 0. The van der Waals surface area contributed by atoms with Gasteiger partial charge in [-0.25, -0.2) is 13.6 Å². The molecule has 0 saturated heterocycles. The number of hydrogen-bond acceptors (Lipinski definition) is 2. The molecule has 90 valence electrons. The van der Waals surface area contributed by atoms with Gasteiger partial charge in [-0.2, -0.15) is 0 Å². The lowest BCUT2D eigenvalue weighted by atomic mass is 10.1. The molecule has 2 aromatic rings. The van der Waals surface area contributed by atoms with E-state index in [1.54, 1.807) is 6.07 Å². The molecule has 5 heteroatoms. The number of pyridine rings is 1. The van der Waals surface area contributed by atoms with E-state index in [-0.39, 0.29) is 11.3 Å². The number of benzene rings is 1. The van der Waals surface area contributed by atoms with E-state index in [4.69, 9.17) is 11.3 Å². The normalized spacial score (nSPS) is 9.89. The molecule has 0 saturated carbocycles. The number of hydrogen-bond donors (Lipinski definition) is 0. The quantitative estimate of drug-likeness (QED) is 0.757. The SMILES string of the molecule is [C-]#[N+]c1c(F)ccc(-c2cc(OC)ccn2)c1F. The van der Waals surface area contributed by atoms with Gasteiger partial charge in [0.15, 0.2) is 0 Å². The molecule has 0 amide bonds. The van der Waals surface area contributed by atoms with Crippen LogP contribution in [0.4, 0.5) is 14.5 Å². The fraction of sp³-hybridized carbons (Fsp3) is 0.0769. The van der Waals surface area contributed by atoms with Gasteiger partial charge in [0.2, 0.25) is 0 Å². The van der Waals surface area contributed by atoms with Gasteiger partial charge in [-0.3, -0.25) is 4.98 Å².